The van der Waals surface area contributed by atoms with E-state index in [1.165, 1.54) is 31.4 Å². The summed E-state index contributed by atoms with van der Waals surface area (Å²) in [5.74, 6) is -0.632. The summed E-state index contributed by atoms with van der Waals surface area (Å²) in [6.45, 7) is 3.62. The second kappa shape index (κ2) is 8.74. The van der Waals surface area contributed by atoms with Gasteiger partial charge in [-0.3, -0.25) is 0 Å². The molecule has 0 amide bonds. The molecule has 1 heterocycles. The highest BCUT2D eigenvalue weighted by atomic mass is 35.5. The zero-order valence-electron chi connectivity index (χ0n) is 12.1. The molecule has 0 atom stereocenters. The number of esters is 1. The number of nitrogens with two attached hydrogens (primary N) is 1. The average molecular weight is 315 g/mol. The molecule has 3 N–H and O–H groups in total. The molecule has 2 rings (SSSR count). The molecule has 1 aliphatic heterocycles. The molecule has 1 aromatic rings. The zero-order valence-corrected chi connectivity index (χ0v) is 12.9. The van der Waals surface area contributed by atoms with Crippen molar-refractivity contribution in [3.63, 3.8) is 0 Å². The third-order valence-electron chi connectivity index (χ3n) is 3.54. The van der Waals surface area contributed by atoms with Crippen molar-refractivity contribution in [3.05, 3.63) is 23.8 Å². The quantitative estimate of drug-likeness (QED) is 0.496. The summed E-state index contributed by atoms with van der Waals surface area (Å²) >= 11 is 0. The summed E-state index contributed by atoms with van der Waals surface area (Å²) < 4.78 is 5.17. The van der Waals surface area contributed by atoms with Crippen molar-refractivity contribution in [2.45, 2.75) is 25.7 Å². The Kier molecular flexibility index (Phi) is 7.32. The molecule has 0 radical (unpaired) electrons. The molecule has 118 valence electrons. The SMILES string of the molecule is Cl.Nc1ccc(C(=O)OCCCN2CCCCC2)c(O)c1. The van der Waals surface area contributed by atoms with Crippen molar-refractivity contribution in [2.24, 2.45) is 0 Å². The van der Waals surface area contributed by atoms with Gasteiger partial charge in [0.15, 0.2) is 0 Å². The Balaban J connectivity index is 0.00000220. The maximum atomic E-state index is 11.8. The first kappa shape index (κ1) is 17.6. The number of hydrogen-bond donors (Lipinski definition) is 2. The Labute approximate surface area is 131 Å². The highest BCUT2D eigenvalue weighted by Crippen LogP contribution is 2.20. The fourth-order valence-corrected chi connectivity index (χ4v) is 2.44. The molecule has 1 aromatic carbocycles. The van der Waals surface area contributed by atoms with Crippen molar-refractivity contribution in [3.8, 4) is 5.75 Å². The number of phenols is 1. The standard InChI is InChI=1S/C15H22N2O3.ClH/c16-12-5-6-13(14(18)11-12)15(19)20-10-4-9-17-7-2-1-3-8-17;/h5-6,11,18H,1-4,7-10,16H2;1H. The van der Waals surface area contributed by atoms with E-state index < -0.39 is 5.97 Å². The molecular weight excluding hydrogens is 292 g/mol. The number of carbonyl (C=O) groups excluding carboxylic acids is 1. The van der Waals surface area contributed by atoms with E-state index in [0.29, 0.717) is 12.3 Å². The van der Waals surface area contributed by atoms with E-state index in [4.69, 9.17) is 10.5 Å². The van der Waals surface area contributed by atoms with Gasteiger partial charge in [0.1, 0.15) is 11.3 Å². The van der Waals surface area contributed by atoms with Crippen LogP contribution in [0.3, 0.4) is 0 Å². The molecular formula is C15H23ClN2O3. The number of ether oxygens (including phenoxy) is 1. The number of hydrogen-bond acceptors (Lipinski definition) is 5. The van der Waals surface area contributed by atoms with Crippen LogP contribution in [0.15, 0.2) is 18.2 Å². The first-order valence-corrected chi connectivity index (χ1v) is 7.15. The normalized spacial score (nSPS) is 15.2. The van der Waals surface area contributed by atoms with Crippen LogP contribution in [-0.4, -0.2) is 42.2 Å². The lowest BCUT2D eigenvalue weighted by Gasteiger charge is -2.26. The van der Waals surface area contributed by atoms with Crippen LogP contribution in [0.1, 0.15) is 36.0 Å². The van der Waals surface area contributed by atoms with Crippen molar-refractivity contribution in [2.75, 3.05) is 32.0 Å². The molecule has 6 heteroatoms. The number of benzene rings is 1. The first-order chi connectivity index (χ1) is 9.66. The van der Waals surface area contributed by atoms with Crippen LogP contribution in [0.4, 0.5) is 5.69 Å². The number of nitrogens with zero attached hydrogens (tertiary/aromatic N) is 1. The van der Waals surface area contributed by atoms with E-state index in [9.17, 15) is 9.90 Å². The lowest BCUT2D eigenvalue weighted by molar-refractivity contribution is 0.0482. The molecule has 5 nitrogen and oxygen atoms in total. The molecule has 0 saturated carbocycles. The number of aromatic hydroxyl groups is 1. The summed E-state index contributed by atoms with van der Waals surface area (Å²) in [5.41, 5.74) is 6.10. The van der Waals surface area contributed by atoms with E-state index in [1.54, 1.807) is 6.07 Å². The second-order valence-corrected chi connectivity index (χ2v) is 5.17. The van der Waals surface area contributed by atoms with Crippen LogP contribution in [0.2, 0.25) is 0 Å². The topological polar surface area (TPSA) is 75.8 Å². The van der Waals surface area contributed by atoms with E-state index >= 15 is 0 Å². The molecule has 0 unspecified atom stereocenters. The predicted molar refractivity (Wildman–Crippen MR) is 85.0 cm³/mol. The average Bonchev–Trinajstić information content (AvgIpc) is 2.44. The van der Waals surface area contributed by atoms with E-state index in [-0.39, 0.29) is 23.7 Å². The fraction of sp³-hybridized carbons (Fsp3) is 0.533. The molecule has 0 bridgehead atoms. The van der Waals surface area contributed by atoms with Gasteiger partial charge in [0.05, 0.1) is 6.61 Å². The molecule has 0 spiro atoms. The lowest BCUT2D eigenvalue weighted by atomic mass is 10.1. The molecule has 1 fully saturated rings. The monoisotopic (exact) mass is 314 g/mol. The van der Waals surface area contributed by atoms with Gasteiger partial charge < -0.3 is 20.5 Å². The molecule has 21 heavy (non-hydrogen) atoms. The van der Waals surface area contributed by atoms with Gasteiger partial charge in [-0.05, 0) is 44.5 Å². The van der Waals surface area contributed by atoms with Crippen LogP contribution >= 0.6 is 12.4 Å². The van der Waals surface area contributed by atoms with Crippen LogP contribution < -0.4 is 5.73 Å². The van der Waals surface area contributed by atoms with E-state index in [2.05, 4.69) is 4.90 Å². The van der Waals surface area contributed by atoms with Gasteiger partial charge in [-0.1, -0.05) is 6.42 Å². The molecule has 1 aliphatic rings. The number of carbonyl (C=O) groups is 1. The number of nitrogen functional groups attached to an aromatic ring is 1. The predicted octanol–water partition coefficient (Wildman–Crippen LogP) is 2.43. The van der Waals surface area contributed by atoms with Crippen molar-refractivity contribution in [1.29, 1.82) is 0 Å². The summed E-state index contributed by atoms with van der Waals surface area (Å²) in [6.07, 6.45) is 4.67. The molecule has 1 saturated heterocycles. The first-order valence-electron chi connectivity index (χ1n) is 7.15. The van der Waals surface area contributed by atoms with Crippen molar-refractivity contribution < 1.29 is 14.6 Å². The van der Waals surface area contributed by atoms with Gasteiger partial charge >= 0.3 is 5.97 Å². The maximum absolute atomic E-state index is 11.8. The minimum absolute atomic E-state index is 0. The summed E-state index contributed by atoms with van der Waals surface area (Å²) in [7, 11) is 0. The lowest BCUT2D eigenvalue weighted by Crippen LogP contribution is -2.31. The van der Waals surface area contributed by atoms with Gasteiger partial charge in [0.25, 0.3) is 0 Å². The van der Waals surface area contributed by atoms with Crippen molar-refractivity contribution in [1.82, 2.24) is 4.90 Å². The largest absolute Gasteiger partial charge is 0.507 e. The van der Waals surface area contributed by atoms with Crippen LogP contribution in [0, 0.1) is 0 Å². The molecule has 0 aliphatic carbocycles. The third kappa shape index (κ3) is 5.44. The minimum Gasteiger partial charge on any atom is -0.507 e. The Morgan fingerprint density at radius 3 is 2.67 bits per heavy atom. The van der Waals surface area contributed by atoms with E-state index in [0.717, 1.165) is 26.1 Å². The van der Waals surface area contributed by atoms with Gasteiger partial charge in [-0.15, -0.1) is 12.4 Å². The summed E-state index contributed by atoms with van der Waals surface area (Å²) in [5, 5.41) is 9.63. The number of rotatable bonds is 5. The fourth-order valence-electron chi connectivity index (χ4n) is 2.44. The van der Waals surface area contributed by atoms with Crippen LogP contribution in [0.25, 0.3) is 0 Å². The minimum atomic E-state index is -0.499. The van der Waals surface area contributed by atoms with Gasteiger partial charge in [-0.25, -0.2) is 4.79 Å². The highest BCUT2D eigenvalue weighted by molar-refractivity contribution is 5.92. The highest BCUT2D eigenvalue weighted by Gasteiger charge is 2.13. The number of piperidine rings is 1. The number of likely N-dealkylation sites (tertiary alicyclic amines) is 1. The van der Waals surface area contributed by atoms with Crippen LogP contribution in [-0.2, 0) is 4.74 Å². The van der Waals surface area contributed by atoms with Gasteiger partial charge in [0.2, 0.25) is 0 Å². The van der Waals surface area contributed by atoms with Gasteiger partial charge in [0, 0.05) is 18.3 Å². The Morgan fingerprint density at radius 2 is 2.00 bits per heavy atom. The van der Waals surface area contributed by atoms with Crippen molar-refractivity contribution >= 4 is 24.1 Å². The smallest absolute Gasteiger partial charge is 0.341 e. The summed E-state index contributed by atoms with van der Waals surface area (Å²) in [4.78, 5) is 14.2. The number of phenolic OH excluding ortho intramolecular Hbond substituents is 1. The molecule has 0 aromatic heterocycles. The number of halogens is 1. The Hall–Kier alpha value is -1.46. The van der Waals surface area contributed by atoms with E-state index in [1.807, 2.05) is 0 Å². The number of anilines is 1. The zero-order chi connectivity index (χ0) is 14.4. The second-order valence-electron chi connectivity index (χ2n) is 5.17. The van der Waals surface area contributed by atoms with Crippen LogP contribution in [0.5, 0.6) is 5.75 Å². The third-order valence-corrected chi connectivity index (χ3v) is 3.54. The summed E-state index contributed by atoms with van der Waals surface area (Å²) in [6, 6.07) is 4.41. The maximum Gasteiger partial charge on any atom is 0.341 e. The Bertz CT molecular complexity index is 462. The van der Waals surface area contributed by atoms with Gasteiger partial charge in [-0.2, -0.15) is 0 Å². The Morgan fingerprint density at radius 1 is 1.29 bits per heavy atom.